The molecule has 2 N–H and O–H groups in total. The number of hydrogen-bond acceptors (Lipinski definition) is 5. The highest BCUT2D eigenvalue weighted by molar-refractivity contribution is 5.95. The van der Waals surface area contributed by atoms with Crippen molar-refractivity contribution >= 4 is 23.7 Å². The van der Waals surface area contributed by atoms with Gasteiger partial charge in [-0.25, -0.2) is 14.4 Å². The Hall–Kier alpha value is -4.06. The third kappa shape index (κ3) is 6.56. The third-order valence-corrected chi connectivity index (χ3v) is 6.88. The lowest BCUT2D eigenvalue weighted by Crippen LogP contribution is -2.54. The summed E-state index contributed by atoms with van der Waals surface area (Å²) >= 11 is 0. The van der Waals surface area contributed by atoms with Crippen LogP contribution in [0.5, 0.6) is 0 Å². The van der Waals surface area contributed by atoms with E-state index in [1.807, 2.05) is 23.1 Å². The Balaban J connectivity index is 1.57. The number of benzene rings is 2. The Morgan fingerprint density at radius 2 is 1.65 bits per heavy atom. The van der Waals surface area contributed by atoms with Gasteiger partial charge in [-0.05, 0) is 43.7 Å². The molecule has 12 heteroatoms. The average molecular weight is 560 g/mol. The van der Waals surface area contributed by atoms with Crippen LogP contribution in [0.4, 0.5) is 28.4 Å². The van der Waals surface area contributed by atoms with Gasteiger partial charge in [-0.3, -0.25) is 9.80 Å². The number of urea groups is 2. The maximum atomic E-state index is 13.2. The van der Waals surface area contributed by atoms with E-state index in [0.29, 0.717) is 43.1 Å². The van der Waals surface area contributed by atoms with E-state index >= 15 is 0 Å². The Bertz CT molecular complexity index is 1240. The molecule has 1 saturated heterocycles. The van der Waals surface area contributed by atoms with Crippen molar-refractivity contribution in [1.82, 2.24) is 20.0 Å². The molecule has 9 nitrogen and oxygen atoms in total. The Morgan fingerprint density at radius 3 is 2.23 bits per heavy atom. The number of piperazine rings is 1. The van der Waals surface area contributed by atoms with Gasteiger partial charge in [0.05, 0.1) is 23.8 Å². The molecule has 0 aliphatic carbocycles. The molecule has 2 aliphatic heterocycles. The molecule has 2 heterocycles. The maximum absolute atomic E-state index is 13.2. The fraction of sp³-hybridized carbons (Fsp3) is 0.393. The highest BCUT2D eigenvalue weighted by atomic mass is 19.4. The van der Waals surface area contributed by atoms with Crippen LogP contribution in [0, 0.1) is 0 Å². The fourth-order valence-corrected chi connectivity index (χ4v) is 4.82. The van der Waals surface area contributed by atoms with Crippen molar-refractivity contribution in [1.29, 1.82) is 0 Å². The monoisotopic (exact) mass is 559 g/mol. The zero-order valence-corrected chi connectivity index (χ0v) is 22.3. The smallest absolute Gasteiger partial charge is 0.416 e. The van der Waals surface area contributed by atoms with Crippen LogP contribution < -0.4 is 10.6 Å². The summed E-state index contributed by atoms with van der Waals surface area (Å²) in [6.07, 6.45) is -4.52. The highest BCUT2D eigenvalue weighted by Gasteiger charge is 2.39. The molecule has 2 aliphatic rings. The van der Waals surface area contributed by atoms with Gasteiger partial charge in [0, 0.05) is 50.7 Å². The van der Waals surface area contributed by atoms with Crippen LogP contribution in [0.25, 0.3) is 0 Å². The summed E-state index contributed by atoms with van der Waals surface area (Å²) in [4.78, 5) is 44.2. The molecule has 1 fully saturated rings. The number of esters is 1. The van der Waals surface area contributed by atoms with Crippen molar-refractivity contribution in [2.24, 2.45) is 0 Å². The van der Waals surface area contributed by atoms with Gasteiger partial charge >= 0.3 is 24.2 Å². The van der Waals surface area contributed by atoms with Crippen molar-refractivity contribution in [3.8, 4) is 0 Å². The minimum Gasteiger partial charge on any atom is -0.463 e. The van der Waals surface area contributed by atoms with Crippen molar-refractivity contribution in [3.05, 3.63) is 77.0 Å². The number of alkyl halides is 3. The van der Waals surface area contributed by atoms with Crippen LogP contribution in [0.15, 0.2) is 65.9 Å². The first-order valence-corrected chi connectivity index (χ1v) is 13.1. The zero-order valence-electron chi connectivity index (χ0n) is 22.3. The molecule has 0 unspecified atom stereocenters. The lowest BCUT2D eigenvalue weighted by molar-refractivity contribution is -0.139. The standard InChI is InChI=1S/C28H32F3N5O4/c1-3-36-22(18-34-14-16-35(17-15-34)26(38)32-21-8-6-5-7-9-21)23(25(37)40-4-2)24(33-27(36)39)19-10-12-20(13-11-19)28(29,30)31/h5-13,24H,3-4,14-18H2,1-2H3,(H,32,38)(H,33,39)/t24-/m0/s1. The fourth-order valence-electron chi connectivity index (χ4n) is 4.82. The second-order valence-corrected chi connectivity index (χ2v) is 9.39. The number of nitrogens with one attached hydrogen (secondary N) is 2. The first kappa shape index (κ1) is 28.9. The minimum absolute atomic E-state index is 0.0879. The Kier molecular flexibility index (Phi) is 8.98. The van der Waals surface area contributed by atoms with Gasteiger partial charge in [0.15, 0.2) is 0 Å². The van der Waals surface area contributed by atoms with Crippen molar-refractivity contribution in [2.75, 3.05) is 51.2 Å². The molecular weight excluding hydrogens is 527 g/mol. The molecule has 0 bridgehead atoms. The van der Waals surface area contributed by atoms with E-state index in [-0.39, 0.29) is 31.3 Å². The van der Waals surface area contributed by atoms with E-state index in [1.54, 1.807) is 30.9 Å². The number of para-hydroxylation sites is 1. The Morgan fingerprint density at radius 1 is 1.00 bits per heavy atom. The molecule has 2 aromatic carbocycles. The molecule has 40 heavy (non-hydrogen) atoms. The molecule has 2 aromatic rings. The van der Waals surface area contributed by atoms with E-state index in [4.69, 9.17) is 4.74 Å². The molecular formula is C28H32F3N5O4. The number of amides is 4. The van der Waals surface area contributed by atoms with Crippen LogP contribution in [0.1, 0.15) is 31.0 Å². The predicted octanol–water partition coefficient (Wildman–Crippen LogP) is 4.46. The van der Waals surface area contributed by atoms with E-state index in [1.165, 1.54) is 17.0 Å². The molecule has 0 saturated carbocycles. The van der Waals surface area contributed by atoms with Gasteiger partial charge in [-0.2, -0.15) is 13.2 Å². The second kappa shape index (κ2) is 12.4. The number of rotatable bonds is 7. The molecule has 1 atom stereocenters. The lowest BCUT2D eigenvalue weighted by Gasteiger charge is -2.40. The third-order valence-electron chi connectivity index (χ3n) is 6.88. The minimum atomic E-state index is -4.52. The van der Waals surface area contributed by atoms with Crippen LogP contribution in [0.3, 0.4) is 0 Å². The van der Waals surface area contributed by atoms with Crippen LogP contribution in [0.2, 0.25) is 0 Å². The molecule has 0 aromatic heterocycles. The quantitative estimate of drug-likeness (QED) is 0.489. The summed E-state index contributed by atoms with van der Waals surface area (Å²) in [6, 6.07) is 11.9. The summed E-state index contributed by atoms with van der Waals surface area (Å²) in [5.41, 5.74) is 0.800. The largest absolute Gasteiger partial charge is 0.463 e. The number of carbonyl (C=O) groups excluding carboxylic acids is 3. The number of nitrogens with zero attached hydrogens (tertiary/aromatic N) is 3. The van der Waals surface area contributed by atoms with E-state index in [9.17, 15) is 27.6 Å². The van der Waals surface area contributed by atoms with Gasteiger partial charge in [-0.1, -0.05) is 30.3 Å². The highest BCUT2D eigenvalue weighted by Crippen LogP contribution is 2.35. The SMILES string of the molecule is CCOC(=O)C1=C(CN2CCN(C(=O)Nc3ccccc3)CC2)N(CC)C(=O)N[C@H]1c1ccc(C(F)(F)F)cc1. The van der Waals surface area contributed by atoms with Crippen LogP contribution >= 0.6 is 0 Å². The predicted molar refractivity (Wildman–Crippen MR) is 142 cm³/mol. The molecule has 4 rings (SSSR count). The van der Waals surface area contributed by atoms with E-state index in [2.05, 4.69) is 10.6 Å². The second-order valence-electron chi connectivity index (χ2n) is 9.39. The van der Waals surface area contributed by atoms with Gasteiger partial charge in [0.2, 0.25) is 0 Å². The van der Waals surface area contributed by atoms with Gasteiger partial charge in [0.25, 0.3) is 0 Å². The Labute approximate surface area is 230 Å². The maximum Gasteiger partial charge on any atom is 0.416 e. The van der Waals surface area contributed by atoms with E-state index < -0.39 is 29.8 Å². The first-order chi connectivity index (χ1) is 19.1. The summed E-state index contributed by atoms with van der Waals surface area (Å²) in [5, 5.41) is 5.63. The zero-order chi connectivity index (χ0) is 28.9. The van der Waals surface area contributed by atoms with Gasteiger partial charge < -0.3 is 20.3 Å². The average Bonchev–Trinajstić information content (AvgIpc) is 2.93. The normalized spacial score (nSPS) is 18.4. The number of hydrogen-bond donors (Lipinski definition) is 2. The summed E-state index contributed by atoms with van der Waals surface area (Å²) in [6.45, 7) is 5.85. The first-order valence-electron chi connectivity index (χ1n) is 13.1. The number of ether oxygens (including phenoxy) is 1. The summed E-state index contributed by atoms with van der Waals surface area (Å²) < 4.78 is 44.8. The van der Waals surface area contributed by atoms with E-state index in [0.717, 1.165) is 12.1 Å². The van der Waals surface area contributed by atoms with Crippen molar-refractivity contribution < 1.29 is 32.3 Å². The van der Waals surface area contributed by atoms with Gasteiger partial charge in [-0.15, -0.1) is 0 Å². The van der Waals surface area contributed by atoms with Crippen molar-refractivity contribution in [2.45, 2.75) is 26.1 Å². The van der Waals surface area contributed by atoms with Crippen LogP contribution in [-0.4, -0.2) is 78.6 Å². The topological polar surface area (TPSA) is 94.2 Å². The van der Waals surface area contributed by atoms with Gasteiger partial charge in [0.1, 0.15) is 0 Å². The number of anilines is 1. The molecule has 4 amide bonds. The molecule has 214 valence electrons. The number of carbonyl (C=O) groups is 3. The van der Waals surface area contributed by atoms with Crippen LogP contribution in [-0.2, 0) is 15.7 Å². The number of halogens is 3. The van der Waals surface area contributed by atoms with Crippen molar-refractivity contribution in [3.63, 3.8) is 0 Å². The summed E-state index contributed by atoms with van der Waals surface area (Å²) in [7, 11) is 0. The number of likely N-dealkylation sites (N-methyl/N-ethyl adjacent to an activating group) is 1. The molecule has 0 spiro atoms. The molecule has 0 radical (unpaired) electrons. The lowest BCUT2D eigenvalue weighted by atomic mass is 9.93. The summed E-state index contributed by atoms with van der Waals surface area (Å²) in [5.74, 6) is -0.651.